The van der Waals surface area contributed by atoms with Crippen LogP contribution in [0.25, 0.3) is 0 Å². The van der Waals surface area contributed by atoms with Gasteiger partial charge in [-0.1, -0.05) is 70.9 Å². The number of aryl methyl sites for hydroxylation is 1. The van der Waals surface area contributed by atoms with Crippen LogP contribution in [0.5, 0.6) is 0 Å². The van der Waals surface area contributed by atoms with Gasteiger partial charge < -0.3 is 10.2 Å². The average molecular weight is 601 g/mol. The maximum atomic E-state index is 13.9. The number of carbonyl (C=O) groups is 2. The van der Waals surface area contributed by atoms with Crippen molar-refractivity contribution in [3.63, 3.8) is 0 Å². The summed E-state index contributed by atoms with van der Waals surface area (Å²) in [6, 6.07) is 21.6. The fourth-order valence-corrected chi connectivity index (χ4v) is 5.72. The Kier molecular flexibility index (Phi) is 10.1. The van der Waals surface area contributed by atoms with Gasteiger partial charge in [0.05, 0.1) is 10.6 Å². The van der Waals surface area contributed by atoms with Crippen molar-refractivity contribution in [1.29, 1.82) is 0 Å². The van der Waals surface area contributed by atoms with E-state index in [1.807, 2.05) is 45.0 Å². The highest BCUT2D eigenvalue weighted by molar-refractivity contribution is 9.10. The van der Waals surface area contributed by atoms with E-state index in [2.05, 4.69) is 21.2 Å². The van der Waals surface area contributed by atoms with Gasteiger partial charge in [0.25, 0.3) is 10.0 Å². The van der Waals surface area contributed by atoms with E-state index < -0.39 is 28.5 Å². The van der Waals surface area contributed by atoms with Crippen molar-refractivity contribution < 1.29 is 18.0 Å². The molecule has 0 bridgehead atoms. The van der Waals surface area contributed by atoms with Crippen LogP contribution in [0.4, 0.5) is 5.69 Å². The molecule has 2 unspecified atom stereocenters. The van der Waals surface area contributed by atoms with E-state index in [0.717, 1.165) is 26.3 Å². The Bertz CT molecular complexity index is 1350. The maximum absolute atomic E-state index is 13.9. The van der Waals surface area contributed by atoms with Crippen molar-refractivity contribution >= 4 is 43.5 Å². The van der Waals surface area contributed by atoms with Crippen LogP contribution in [0.2, 0.25) is 0 Å². The van der Waals surface area contributed by atoms with Gasteiger partial charge >= 0.3 is 0 Å². The van der Waals surface area contributed by atoms with Gasteiger partial charge in [-0.3, -0.25) is 13.9 Å². The second-order valence-electron chi connectivity index (χ2n) is 9.31. The number of benzene rings is 3. The molecule has 0 aliphatic carbocycles. The summed E-state index contributed by atoms with van der Waals surface area (Å²) in [5.41, 5.74) is 2.14. The molecular formula is C29H34BrN3O4S. The summed E-state index contributed by atoms with van der Waals surface area (Å²) in [6.45, 7) is 7.11. The molecule has 2 atom stereocenters. The monoisotopic (exact) mass is 599 g/mol. The van der Waals surface area contributed by atoms with Crippen molar-refractivity contribution in [1.82, 2.24) is 10.2 Å². The van der Waals surface area contributed by atoms with Crippen molar-refractivity contribution in [2.45, 2.75) is 57.6 Å². The number of hydrogen-bond acceptors (Lipinski definition) is 4. The lowest BCUT2D eigenvalue weighted by Gasteiger charge is -2.32. The molecule has 0 aliphatic rings. The zero-order valence-corrected chi connectivity index (χ0v) is 24.5. The number of carbonyl (C=O) groups excluding carboxylic acids is 2. The molecule has 3 rings (SSSR count). The van der Waals surface area contributed by atoms with E-state index in [1.165, 1.54) is 17.0 Å². The number of amides is 2. The van der Waals surface area contributed by atoms with E-state index in [1.54, 1.807) is 49.4 Å². The van der Waals surface area contributed by atoms with E-state index in [4.69, 9.17) is 0 Å². The first-order chi connectivity index (χ1) is 18.0. The zero-order valence-electron chi connectivity index (χ0n) is 22.1. The third-order valence-electron chi connectivity index (χ3n) is 6.34. The number of sulfonamides is 1. The molecule has 0 heterocycles. The topological polar surface area (TPSA) is 86.8 Å². The Balaban J connectivity index is 2.01. The van der Waals surface area contributed by atoms with Crippen molar-refractivity contribution in [2.75, 3.05) is 10.8 Å². The third kappa shape index (κ3) is 7.45. The standard InChI is InChI=1S/C29H34BrN3O4S/c1-5-22(3)31-29(35)23(4)32(19-24-10-9-11-25(30)18-24)28(34)20-33(26-16-14-21(2)15-17-26)38(36,37)27-12-7-6-8-13-27/h6-18,22-23H,5,19-20H2,1-4H3,(H,31,35). The summed E-state index contributed by atoms with van der Waals surface area (Å²) in [5, 5.41) is 2.94. The first-order valence-corrected chi connectivity index (χ1v) is 14.7. The number of hydrogen-bond donors (Lipinski definition) is 1. The van der Waals surface area contributed by atoms with Crippen LogP contribution in [0, 0.1) is 6.92 Å². The van der Waals surface area contributed by atoms with Gasteiger partial charge in [-0.05, 0) is 69.2 Å². The molecule has 0 aliphatic heterocycles. The lowest BCUT2D eigenvalue weighted by Crippen LogP contribution is -2.52. The molecule has 0 aromatic heterocycles. The number of rotatable bonds is 11. The van der Waals surface area contributed by atoms with Crippen molar-refractivity contribution in [3.8, 4) is 0 Å². The summed E-state index contributed by atoms with van der Waals surface area (Å²) < 4.78 is 29.4. The first-order valence-electron chi connectivity index (χ1n) is 12.5. The van der Waals surface area contributed by atoms with Gasteiger partial charge in [-0.2, -0.15) is 0 Å². The number of halogens is 1. The van der Waals surface area contributed by atoms with Crippen LogP contribution in [0.1, 0.15) is 38.3 Å². The normalized spacial score (nSPS) is 12.9. The lowest BCUT2D eigenvalue weighted by molar-refractivity contribution is -0.139. The minimum atomic E-state index is -4.07. The molecule has 9 heteroatoms. The van der Waals surface area contributed by atoms with Crippen LogP contribution >= 0.6 is 15.9 Å². The van der Waals surface area contributed by atoms with Crippen LogP contribution in [-0.2, 0) is 26.2 Å². The molecule has 0 saturated heterocycles. The summed E-state index contributed by atoms with van der Waals surface area (Å²) in [4.78, 5) is 28.5. The van der Waals surface area contributed by atoms with Crippen molar-refractivity contribution in [3.05, 3.63) is 94.5 Å². The summed E-state index contributed by atoms with van der Waals surface area (Å²) in [6.07, 6.45) is 0.745. The number of anilines is 1. The van der Waals surface area contributed by atoms with E-state index >= 15 is 0 Å². The minimum Gasteiger partial charge on any atom is -0.352 e. The van der Waals surface area contributed by atoms with Gasteiger partial charge in [0, 0.05) is 17.1 Å². The van der Waals surface area contributed by atoms with E-state index in [9.17, 15) is 18.0 Å². The highest BCUT2D eigenvalue weighted by Crippen LogP contribution is 2.25. The fraction of sp³-hybridized carbons (Fsp3) is 0.310. The van der Waals surface area contributed by atoms with Crippen LogP contribution < -0.4 is 9.62 Å². The van der Waals surface area contributed by atoms with Gasteiger partial charge in [0.15, 0.2) is 0 Å². The molecule has 3 aromatic rings. The Hall–Kier alpha value is -3.17. The molecule has 0 saturated carbocycles. The molecule has 3 aromatic carbocycles. The predicted molar refractivity (Wildman–Crippen MR) is 154 cm³/mol. The van der Waals surface area contributed by atoms with E-state index in [0.29, 0.717) is 5.69 Å². The van der Waals surface area contributed by atoms with Gasteiger partial charge in [0.1, 0.15) is 12.6 Å². The van der Waals surface area contributed by atoms with Gasteiger partial charge in [0.2, 0.25) is 11.8 Å². The smallest absolute Gasteiger partial charge is 0.264 e. The van der Waals surface area contributed by atoms with E-state index in [-0.39, 0.29) is 23.4 Å². The molecule has 7 nitrogen and oxygen atoms in total. The van der Waals surface area contributed by atoms with Crippen LogP contribution in [-0.4, -0.2) is 43.8 Å². The zero-order chi connectivity index (χ0) is 27.9. The summed E-state index contributed by atoms with van der Waals surface area (Å²) in [5.74, 6) is -0.785. The molecule has 0 radical (unpaired) electrons. The van der Waals surface area contributed by atoms with Gasteiger partial charge in [-0.25, -0.2) is 8.42 Å². The summed E-state index contributed by atoms with van der Waals surface area (Å²) >= 11 is 3.46. The first kappa shape index (κ1) is 29.4. The minimum absolute atomic E-state index is 0.0599. The fourth-order valence-electron chi connectivity index (χ4n) is 3.84. The second kappa shape index (κ2) is 13.1. The lowest BCUT2D eigenvalue weighted by atomic mass is 10.1. The third-order valence-corrected chi connectivity index (χ3v) is 8.62. The Labute approximate surface area is 234 Å². The molecule has 1 N–H and O–H groups in total. The Morgan fingerprint density at radius 1 is 0.947 bits per heavy atom. The second-order valence-corrected chi connectivity index (χ2v) is 12.1. The average Bonchev–Trinajstić information content (AvgIpc) is 2.90. The largest absolute Gasteiger partial charge is 0.352 e. The van der Waals surface area contributed by atoms with Crippen molar-refractivity contribution in [2.24, 2.45) is 0 Å². The highest BCUT2D eigenvalue weighted by Gasteiger charge is 2.32. The molecule has 0 fully saturated rings. The summed E-state index contributed by atoms with van der Waals surface area (Å²) in [7, 11) is -4.07. The molecule has 0 spiro atoms. The number of nitrogens with zero attached hydrogens (tertiary/aromatic N) is 2. The SMILES string of the molecule is CCC(C)NC(=O)C(C)N(Cc1cccc(Br)c1)C(=O)CN(c1ccc(C)cc1)S(=O)(=O)c1ccccc1. The Morgan fingerprint density at radius 3 is 2.21 bits per heavy atom. The molecule has 2 amide bonds. The number of nitrogens with one attached hydrogen (secondary N) is 1. The molecular weight excluding hydrogens is 566 g/mol. The Morgan fingerprint density at radius 2 is 1.61 bits per heavy atom. The van der Waals surface area contributed by atoms with Crippen LogP contribution in [0.15, 0.2) is 88.2 Å². The van der Waals surface area contributed by atoms with Crippen LogP contribution in [0.3, 0.4) is 0 Å². The van der Waals surface area contributed by atoms with Gasteiger partial charge in [-0.15, -0.1) is 0 Å². The molecule has 38 heavy (non-hydrogen) atoms. The quantitative estimate of drug-likeness (QED) is 0.324. The predicted octanol–water partition coefficient (Wildman–Crippen LogP) is 5.28. The highest BCUT2D eigenvalue weighted by atomic mass is 79.9. The maximum Gasteiger partial charge on any atom is 0.264 e. The molecule has 202 valence electrons.